The van der Waals surface area contributed by atoms with E-state index in [0.717, 1.165) is 13.1 Å². The van der Waals surface area contributed by atoms with E-state index >= 15 is 0 Å². The second kappa shape index (κ2) is 6.30. The van der Waals surface area contributed by atoms with Gasteiger partial charge in [-0.1, -0.05) is 20.8 Å². The van der Waals surface area contributed by atoms with Crippen molar-refractivity contribution in [1.82, 2.24) is 9.88 Å². The number of nitrogens with zero attached hydrogens (tertiary/aromatic N) is 2. The summed E-state index contributed by atoms with van der Waals surface area (Å²) in [6, 6.07) is 4.50. The Hall–Kier alpha value is -1.42. The summed E-state index contributed by atoms with van der Waals surface area (Å²) in [4.78, 5) is 19.2. The first kappa shape index (κ1) is 18.9. The smallest absolute Gasteiger partial charge is 0.225 e. The van der Waals surface area contributed by atoms with Gasteiger partial charge < -0.3 is 10.0 Å². The van der Waals surface area contributed by atoms with Crippen molar-refractivity contribution < 1.29 is 9.90 Å². The lowest BCUT2D eigenvalue weighted by Crippen LogP contribution is -2.62. The van der Waals surface area contributed by atoms with Gasteiger partial charge in [0.25, 0.3) is 0 Å². The number of carbonyl (C=O) groups excluding carboxylic acids is 1. The minimum Gasteiger partial charge on any atom is -0.390 e. The highest BCUT2D eigenvalue weighted by molar-refractivity contribution is 5.81. The summed E-state index contributed by atoms with van der Waals surface area (Å²) in [5.41, 5.74) is 2.45. The van der Waals surface area contributed by atoms with Gasteiger partial charge in [-0.05, 0) is 69.1 Å². The van der Waals surface area contributed by atoms with Gasteiger partial charge in [0, 0.05) is 41.7 Å². The number of pyridine rings is 1. The summed E-state index contributed by atoms with van der Waals surface area (Å²) in [5, 5.41) is 9.88. The summed E-state index contributed by atoms with van der Waals surface area (Å²) in [7, 11) is 0. The SMILES string of the molecule is CC(C)(C)c1cc(C2CCC3(CC2)CN(C(=O)[C@H]2C[C@@](C)(O)C2)C3)ccn1. The Morgan fingerprint density at radius 1 is 1.22 bits per heavy atom. The number of aliphatic hydroxyl groups is 1. The highest BCUT2D eigenvalue weighted by atomic mass is 16.3. The van der Waals surface area contributed by atoms with Gasteiger partial charge in [-0.2, -0.15) is 0 Å². The van der Waals surface area contributed by atoms with Gasteiger partial charge in [-0.25, -0.2) is 0 Å². The molecule has 4 heteroatoms. The molecule has 1 aliphatic heterocycles. The van der Waals surface area contributed by atoms with Crippen molar-refractivity contribution in [2.75, 3.05) is 13.1 Å². The van der Waals surface area contributed by atoms with Gasteiger partial charge in [0.2, 0.25) is 5.91 Å². The van der Waals surface area contributed by atoms with E-state index < -0.39 is 5.60 Å². The fourth-order valence-electron chi connectivity index (χ4n) is 5.34. The van der Waals surface area contributed by atoms with Crippen molar-refractivity contribution >= 4 is 5.91 Å². The van der Waals surface area contributed by atoms with E-state index in [9.17, 15) is 9.90 Å². The predicted octanol–water partition coefficient (Wildman–Crippen LogP) is 4.03. The van der Waals surface area contributed by atoms with E-state index in [2.05, 4.69) is 37.9 Å². The molecule has 27 heavy (non-hydrogen) atoms. The maximum Gasteiger partial charge on any atom is 0.225 e. The van der Waals surface area contributed by atoms with Gasteiger partial charge in [-0.3, -0.25) is 9.78 Å². The zero-order chi connectivity index (χ0) is 19.4. The minimum atomic E-state index is -0.614. The fraction of sp³-hybridized carbons (Fsp3) is 0.739. The van der Waals surface area contributed by atoms with Crippen molar-refractivity contribution in [2.24, 2.45) is 11.3 Å². The number of likely N-dealkylation sites (tertiary alicyclic amines) is 1. The molecule has 1 amide bonds. The monoisotopic (exact) mass is 370 g/mol. The Balaban J connectivity index is 1.31. The van der Waals surface area contributed by atoms with Crippen LogP contribution in [0.25, 0.3) is 0 Å². The van der Waals surface area contributed by atoms with Gasteiger partial charge in [-0.15, -0.1) is 0 Å². The van der Waals surface area contributed by atoms with Crippen LogP contribution in [0.15, 0.2) is 18.3 Å². The van der Waals surface area contributed by atoms with Crippen LogP contribution in [0.2, 0.25) is 0 Å². The molecule has 2 aliphatic carbocycles. The standard InChI is InChI=1S/C23H34N2O2/c1-21(2,3)19-11-17(7-10-24-19)16-5-8-23(9-6-16)14-25(15-23)20(26)18-12-22(4,27)13-18/h7,10-11,16,18,27H,5-6,8-9,12-15H2,1-4H3/t18-,22+. The average molecular weight is 371 g/mol. The molecule has 1 aromatic heterocycles. The maximum atomic E-state index is 12.5. The molecule has 0 bridgehead atoms. The molecule has 148 valence electrons. The fourth-order valence-corrected chi connectivity index (χ4v) is 5.34. The molecule has 0 aromatic carbocycles. The lowest BCUT2D eigenvalue weighted by atomic mass is 9.63. The summed E-state index contributed by atoms with van der Waals surface area (Å²) in [6.07, 6.45) is 8.11. The number of hydrogen-bond acceptors (Lipinski definition) is 3. The van der Waals surface area contributed by atoms with Crippen LogP contribution >= 0.6 is 0 Å². The van der Waals surface area contributed by atoms with Crippen LogP contribution in [0.4, 0.5) is 0 Å². The summed E-state index contributed by atoms with van der Waals surface area (Å²) >= 11 is 0. The molecule has 1 aromatic rings. The average Bonchev–Trinajstić information content (AvgIpc) is 2.56. The second-order valence-electron chi connectivity index (χ2n) is 10.8. The van der Waals surface area contributed by atoms with Gasteiger partial charge in [0.05, 0.1) is 5.60 Å². The highest BCUT2D eigenvalue weighted by Crippen LogP contribution is 2.50. The van der Waals surface area contributed by atoms with E-state index in [-0.39, 0.29) is 17.2 Å². The summed E-state index contributed by atoms with van der Waals surface area (Å²) < 4.78 is 0. The Labute approximate surface area is 163 Å². The molecule has 2 saturated carbocycles. The second-order valence-corrected chi connectivity index (χ2v) is 10.8. The predicted molar refractivity (Wildman–Crippen MR) is 107 cm³/mol. The summed E-state index contributed by atoms with van der Waals surface area (Å²) in [6.45, 7) is 10.4. The molecular formula is C23H34N2O2. The quantitative estimate of drug-likeness (QED) is 0.855. The van der Waals surface area contributed by atoms with Crippen LogP contribution in [0.5, 0.6) is 0 Å². The third-order valence-electron chi connectivity index (χ3n) is 7.16. The van der Waals surface area contributed by atoms with E-state index in [4.69, 9.17) is 0 Å². The molecule has 3 aliphatic rings. The van der Waals surface area contributed by atoms with Crippen LogP contribution < -0.4 is 0 Å². The molecule has 4 rings (SSSR count). The topological polar surface area (TPSA) is 53.4 Å². The Bertz CT molecular complexity index is 710. The van der Waals surface area contributed by atoms with Crippen molar-refractivity contribution in [2.45, 2.75) is 83.2 Å². The minimum absolute atomic E-state index is 0.0568. The van der Waals surface area contributed by atoms with Crippen LogP contribution in [0.1, 0.15) is 83.4 Å². The van der Waals surface area contributed by atoms with Crippen LogP contribution in [0, 0.1) is 11.3 Å². The first-order valence-electron chi connectivity index (χ1n) is 10.5. The van der Waals surface area contributed by atoms with Crippen LogP contribution in [-0.4, -0.2) is 39.6 Å². The first-order chi connectivity index (χ1) is 12.6. The zero-order valence-electron chi connectivity index (χ0n) is 17.3. The number of aromatic nitrogens is 1. The highest BCUT2D eigenvalue weighted by Gasteiger charge is 2.51. The molecule has 0 atom stereocenters. The largest absolute Gasteiger partial charge is 0.390 e. The zero-order valence-corrected chi connectivity index (χ0v) is 17.3. The lowest BCUT2D eigenvalue weighted by Gasteiger charge is -2.55. The number of rotatable bonds is 2. The van der Waals surface area contributed by atoms with Crippen LogP contribution in [0.3, 0.4) is 0 Å². The van der Waals surface area contributed by atoms with Crippen LogP contribution in [-0.2, 0) is 10.2 Å². The molecule has 4 nitrogen and oxygen atoms in total. The maximum absolute atomic E-state index is 12.5. The van der Waals surface area contributed by atoms with E-state index in [0.29, 0.717) is 24.2 Å². The van der Waals surface area contributed by atoms with E-state index in [1.54, 1.807) is 0 Å². The Morgan fingerprint density at radius 3 is 2.41 bits per heavy atom. The molecule has 0 unspecified atom stereocenters. The first-order valence-corrected chi connectivity index (χ1v) is 10.5. The molecule has 3 fully saturated rings. The van der Waals surface area contributed by atoms with Crippen molar-refractivity contribution in [3.8, 4) is 0 Å². The Kier molecular flexibility index (Phi) is 4.41. The number of carbonyl (C=O) groups is 1. The molecule has 1 spiro atoms. The number of amides is 1. The van der Waals surface area contributed by atoms with Gasteiger partial charge in [0.1, 0.15) is 0 Å². The van der Waals surface area contributed by atoms with Crippen molar-refractivity contribution in [3.63, 3.8) is 0 Å². The lowest BCUT2D eigenvalue weighted by molar-refractivity contribution is -0.163. The van der Waals surface area contributed by atoms with Crippen molar-refractivity contribution in [1.29, 1.82) is 0 Å². The van der Waals surface area contributed by atoms with E-state index in [1.807, 2.05) is 18.0 Å². The van der Waals surface area contributed by atoms with Gasteiger partial charge in [0.15, 0.2) is 0 Å². The molecule has 2 heterocycles. The van der Waals surface area contributed by atoms with E-state index in [1.165, 1.54) is 36.9 Å². The molecule has 0 radical (unpaired) electrons. The third-order valence-corrected chi connectivity index (χ3v) is 7.16. The number of hydrogen-bond donors (Lipinski definition) is 1. The molecule has 1 N–H and O–H groups in total. The molecule has 1 saturated heterocycles. The normalized spacial score (nSPS) is 30.7. The van der Waals surface area contributed by atoms with Gasteiger partial charge >= 0.3 is 0 Å². The Morgan fingerprint density at radius 2 is 1.85 bits per heavy atom. The van der Waals surface area contributed by atoms with Crippen molar-refractivity contribution in [3.05, 3.63) is 29.6 Å². The molecular weight excluding hydrogens is 336 g/mol. The third kappa shape index (κ3) is 3.65. The summed E-state index contributed by atoms with van der Waals surface area (Å²) in [5.74, 6) is 0.964.